The Balaban J connectivity index is 1.08. The summed E-state index contributed by atoms with van der Waals surface area (Å²) >= 11 is 1.80. The van der Waals surface area contributed by atoms with Crippen LogP contribution < -0.4 is 0 Å². The van der Waals surface area contributed by atoms with E-state index in [-0.39, 0.29) is 0 Å². The van der Waals surface area contributed by atoms with Crippen molar-refractivity contribution in [1.82, 2.24) is 15.0 Å². The molecule has 6 heteroatoms. The smallest absolute Gasteiger partial charge is 0.164 e. The van der Waals surface area contributed by atoms with Gasteiger partial charge in [-0.2, -0.15) is 0 Å². The highest BCUT2D eigenvalue weighted by atomic mass is 32.1. The van der Waals surface area contributed by atoms with Crippen molar-refractivity contribution in [3.63, 3.8) is 0 Å². The van der Waals surface area contributed by atoms with Crippen LogP contribution in [0.4, 0.5) is 0 Å². The Hall–Kier alpha value is -7.41. The molecule has 0 N–H and O–H groups in total. The van der Waals surface area contributed by atoms with Crippen molar-refractivity contribution in [3.8, 4) is 56.4 Å². The normalized spacial score (nSPS) is 11.9. The van der Waals surface area contributed by atoms with Crippen molar-refractivity contribution in [3.05, 3.63) is 176 Å². The number of hydrogen-bond donors (Lipinski definition) is 0. The van der Waals surface area contributed by atoms with Crippen LogP contribution in [-0.4, -0.2) is 15.0 Å². The third-order valence-electron chi connectivity index (χ3n) is 10.9. The molecule has 0 aliphatic heterocycles. The van der Waals surface area contributed by atoms with E-state index in [1.54, 1.807) is 11.3 Å². The highest BCUT2D eigenvalue weighted by molar-refractivity contribution is 7.26. The van der Waals surface area contributed by atoms with Crippen LogP contribution in [0.2, 0.25) is 0 Å². The molecule has 4 heterocycles. The second-order valence-corrected chi connectivity index (χ2v) is 15.4. The number of rotatable bonds is 5. The van der Waals surface area contributed by atoms with Gasteiger partial charge in [-0.1, -0.05) is 133 Å². The van der Waals surface area contributed by atoms with Crippen LogP contribution in [0.3, 0.4) is 0 Å². The second kappa shape index (κ2) is 12.6. The van der Waals surface area contributed by atoms with E-state index >= 15 is 0 Å². The summed E-state index contributed by atoms with van der Waals surface area (Å²) in [6.45, 7) is 0. The van der Waals surface area contributed by atoms with Gasteiger partial charge in [0, 0.05) is 64.0 Å². The quantitative estimate of drug-likeness (QED) is 0.175. The molecule has 0 aliphatic rings. The topological polar surface area (TPSA) is 65.0 Å². The second-order valence-electron chi connectivity index (χ2n) is 14.3. The number of benzene rings is 8. The summed E-state index contributed by atoms with van der Waals surface area (Å²) in [6, 6.07) is 60.9. The van der Waals surface area contributed by atoms with Crippen LogP contribution in [0.25, 0.3) is 120 Å². The lowest BCUT2D eigenvalue weighted by Gasteiger charge is -2.10. The average molecular weight is 748 g/mol. The molecule has 57 heavy (non-hydrogen) atoms. The fourth-order valence-corrected chi connectivity index (χ4v) is 9.55. The first-order valence-corrected chi connectivity index (χ1v) is 19.7. The zero-order valence-corrected chi connectivity index (χ0v) is 31.1. The Morgan fingerprint density at radius 1 is 0.351 bits per heavy atom. The van der Waals surface area contributed by atoms with Crippen LogP contribution in [0, 0.1) is 0 Å². The summed E-state index contributed by atoms with van der Waals surface area (Å²) in [7, 11) is 0. The largest absolute Gasteiger partial charge is 0.456 e. The number of aromatic nitrogens is 3. The molecular formula is C51H29N3O2S. The summed E-state index contributed by atoms with van der Waals surface area (Å²) in [4.78, 5) is 15.2. The van der Waals surface area contributed by atoms with Crippen LogP contribution >= 0.6 is 11.3 Å². The summed E-state index contributed by atoms with van der Waals surface area (Å²) in [5.41, 5.74) is 10.7. The van der Waals surface area contributed by atoms with E-state index in [1.807, 2.05) is 84.9 Å². The predicted octanol–water partition coefficient (Wildman–Crippen LogP) is 14.4. The van der Waals surface area contributed by atoms with Crippen molar-refractivity contribution in [2.24, 2.45) is 0 Å². The van der Waals surface area contributed by atoms with Gasteiger partial charge in [0.15, 0.2) is 17.5 Å². The Bertz CT molecular complexity index is 3470. The molecule has 12 aromatic rings. The van der Waals surface area contributed by atoms with Crippen molar-refractivity contribution >= 4 is 75.4 Å². The molecule has 0 amide bonds. The minimum absolute atomic E-state index is 0.644. The lowest BCUT2D eigenvalue weighted by Crippen LogP contribution is -2.00. The summed E-state index contributed by atoms with van der Waals surface area (Å²) < 4.78 is 15.4. The van der Waals surface area contributed by atoms with E-state index in [2.05, 4.69) is 91.0 Å². The summed E-state index contributed by atoms with van der Waals surface area (Å²) in [5.74, 6) is 1.93. The molecule has 0 aliphatic carbocycles. The fraction of sp³-hybridized carbons (Fsp3) is 0. The molecule has 0 unspecified atom stereocenters. The molecule has 5 nitrogen and oxygen atoms in total. The molecule has 0 radical (unpaired) electrons. The van der Waals surface area contributed by atoms with E-state index in [4.69, 9.17) is 23.8 Å². The van der Waals surface area contributed by atoms with Gasteiger partial charge in [-0.15, -0.1) is 11.3 Å². The Morgan fingerprint density at radius 2 is 0.947 bits per heavy atom. The predicted molar refractivity (Wildman–Crippen MR) is 234 cm³/mol. The van der Waals surface area contributed by atoms with E-state index in [0.29, 0.717) is 17.5 Å². The zero-order chi connectivity index (χ0) is 37.5. The third-order valence-corrected chi connectivity index (χ3v) is 12.1. The molecule has 0 bridgehead atoms. The highest BCUT2D eigenvalue weighted by Crippen LogP contribution is 2.46. The molecule has 0 spiro atoms. The standard InChI is InChI=1S/C51H29N3O2S/c1-3-13-30(14-4-1)49-52-50(31-15-5-2-6-16-31)54-51(53-49)39-21-12-24-45-46(39)38-20-11-19-34(48(38)57-45)33-27-40(47-41(28-33)36-18-8-10-23-43(36)56-47)32-25-26-37-35-17-7-9-22-42(35)55-44(37)29-32/h1-29H. The summed E-state index contributed by atoms with van der Waals surface area (Å²) in [5, 5.41) is 6.67. The minimum atomic E-state index is 0.644. The molecule has 0 atom stereocenters. The van der Waals surface area contributed by atoms with Gasteiger partial charge in [-0.3, -0.25) is 0 Å². The van der Waals surface area contributed by atoms with Crippen LogP contribution in [-0.2, 0) is 0 Å². The SMILES string of the molecule is c1ccc(-c2nc(-c3ccccc3)nc(-c3cccc4sc5c(-c6cc(-c7ccc8c(c7)oc7ccccc78)c7oc8ccccc8c7c6)cccc5c34)n2)cc1. The van der Waals surface area contributed by atoms with Gasteiger partial charge < -0.3 is 8.83 Å². The van der Waals surface area contributed by atoms with Crippen LogP contribution in [0.5, 0.6) is 0 Å². The Morgan fingerprint density at radius 3 is 1.70 bits per heavy atom. The number of para-hydroxylation sites is 2. The average Bonchev–Trinajstić information content (AvgIpc) is 3.97. The molecule has 0 saturated carbocycles. The Kier molecular flexibility index (Phi) is 7.03. The molecule has 266 valence electrons. The number of fused-ring (bicyclic) bond motifs is 9. The van der Waals surface area contributed by atoms with Gasteiger partial charge in [0.25, 0.3) is 0 Å². The van der Waals surface area contributed by atoms with Crippen LogP contribution in [0.15, 0.2) is 185 Å². The van der Waals surface area contributed by atoms with Gasteiger partial charge in [0.1, 0.15) is 22.3 Å². The number of furan rings is 2. The van der Waals surface area contributed by atoms with E-state index in [0.717, 1.165) is 93.6 Å². The van der Waals surface area contributed by atoms with Gasteiger partial charge >= 0.3 is 0 Å². The first-order chi connectivity index (χ1) is 28.2. The fourth-order valence-electron chi connectivity index (χ4n) is 8.28. The molecule has 0 saturated heterocycles. The molecule has 4 aromatic heterocycles. The monoisotopic (exact) mass is 747 g/mol. The first-order valence-electron chi connectivity index (χ1n) is 18.9. The molecule has 0 fully saturated rings. The van der Waals surface area contributed by atoms with Gasteiger partial charge in [-0.05, 0) is 59.2 Å². The zero-order valence-electron chi connectivity index (χ0n) is 30.3. The van der Waals surface area contributed by atoms with Crippen molar-refractivity contribution < 1.29 is 8.83 Å². The van der Waals surface area contributed by atoms with E-state index in [1.165, 1.54) is 9.40 Å². The maximum atomic E-state index is 6.64. The number of nitrogens with zero attached hydrogens (tertiary/aromatic N) is 3. The highest BCUT2D eigenvalue weighted by Gasteiger charge is 2.21. The van der Waals surface area contributed by atoms with E-state index in [9.17, 15) is 0 Å². The maximum Gasteiger partial charge on any atom is 0.164 e. The van der Waals surface area contributed by atoms with E-state index < -0.39 is 0 Å². The minimum Gasteiger partial charge on any atom is -0.456 e. The number of hydrogen-bond acceptors (Lipinski definition) is 6. The number of thiophene rings is 1. The Labute approximate surface area is 330 Å². The molecule has 8 aromatic carbocycles. The van der Waals surface area contributed by atoms with Crippen molar-refractivity contribution in [2.75, 3.05) is 0 Å². The van der Waals surface area contributed by atoms with Gasteiger partial charge in [0.05, 0.1) is 0 Å². The van der Waals surface area contributed by atoms with Crippen molar-refractivity contribution in [1.29, 1.82) is 0 Å². The molecule has 12 rings (SSSR count). The lowest BCUT2D eigenvalue weighted by atomic mass is 9.94. The molecular weight excluding hydrogens is 719 g/mol. The lowest BCUT2D eigenvalue weighted by molar-refractivity contribution is 0.668. The van der Waals surface area contributed by atoms with Crippen molar-refractivity contribution in [2.45, 2.75) is 0 Å². The first kappa shape index (κ1) is 31.9. The summed E-state index contributed by atoms with van der Waals surface area (Å²) in [6.07, 6.45) is 0. The van der Waals surface area contributed by atoms with Gasteiger partial charge in [0.2, 0.25) is 0 Å². The maximum absolute atomic E-state index is 6.64. The van der Waals surface area contributed by atoms with Gasteiger partial charge in [-0.25, -0.2) is 15.0 Å². The third kappa shape index (κ3) is 5.12. The van der Waals surface area contributed by atoms with Crippen LogP contribution in [0.1, 0.15) is 0 Å².